The first kappa shape index (κ1) is 14.1. The zero-order valence-corrected chi connectivity index (χ0v) is 12.3. The Morgan fingerprint density at radius 2 is 2.05 bits per heavy atom. The number of hydrogen-bond donors (Lipinski definition) is 0. The van der Waals surface area contributed by atoms with Gasteiger partial charge in [0, 0.05) is 5.92 Å². The summed E-state index contributed by atoms with van der Waals surface area (Å²) in [5.74, 6) is 1.12. The largest absolute Gasteiger partial charge is 0.448 e. The van der Waals surface area contributed by atoms with Gasteiger partial charge in [0.1, 0.15) is 0 Å². The molecule has 1 saturated carbocycles. The van der Waals surface area contributed by atoms with Crippen LogP contribution in [0.1, 0.15) is 20.8 Å². The summed E-state index contributed by atoms with van der Waals surface area (Å²) in [6.07, 6.45) is -0.512. The molecule has 3 aliphatic rings. The topological polar surface area (TPSA) is 57.2 Å². The van der Waals surface area contributed by atoms with Crippen molar-refractivity contribution in [2.75, 3.05) is 33.0 Å². The third-order valence-electron chi connectivity index (χ3n) is 4.99. The molecular formula is C14H23NO5. The van der Waals surface area contributed by atoms with E-state index in [-0.39, 0.29) is 11.7 Å². The van der Waals surface area contributed by atoms with Crippen LogP contribution in [0.4, 0.5) is 4.79 Å². The average Bonchev–Trinajstić information content (AvgIpc) is 2.92. The number of hydrogen-bond acceptors (Lipinski definition) is 5. The number of nitrogens with zero attached hydrogens (tertiary/aromatic N) is 1. The van der Waals surface area contributed by atoms with Crippen molar-refractivity contribution in [3.63, 3.8) is 0 Å². The highest BCUT2D eigenvalue weighted by Gasteiger charge is 2.62. The molecule has 3 atom stereocenters. The van der Waals surface area contributed by atoms with Crippen LogP contribution in [0.3, 0.4) is 0 Å². The monoisotopic (exact) mass is 285 g/mol. The van der Waals surface area contributed by atoms with E-state index in [9.17, 15) is 4.79 Å². The van der Waals surface area contributed by atoms with Crippen molar-refractivity contribution in [2.45, 2.75) is 27.1 Å². The molecule has 3 rings (SSSR count). The molecule has 114 valence electrons. The maximum atomic E-state index is 11.8. The minimum absolute atomic E-state index is 0.0776. The van der Waals surface area contributed by atoms with E-state index in [1.807, 2.05) is 0 Å². The average molecular weight is 285 g/mol. The van der Waals surface area contributed by atoms with Crippen molar-refractivity contribution < 1.29 is 23.8 Å². The normalized spacial score (nSPS) is 36.4. The van der Waals surface area contributed by atoms with Crippen molar-refractivity contribution in [3.05, 3.63) is 0 Å². The van der Waals surface area contributed by atoms with E-state index in [2.05, 4.69) is 13.8 Å². The highest BCUT2D eigenvalue weighted by atomic mass is 16.7. The van der Waals surface area contributed by atoms with Crippen molar-refractivity contribution in [1.29, 1.82) is 0 Å². The Morgan fingerprint density at radius 3 is 2.70 bits per heavy atom. The fraction of sp³-hybridized carbons (Fsp3) is 0.929. The number of amides is 1. The Morgan fingerprint density at radius 1 is 1.35 bits per heavy atom. The summed E-state index contributed by atoms with van der Waals surface area (Å²) in [5.41, 5.74) is 0.0776. The smallest absolute Gasteiger partial charge is 0.433 e. The van der Waals surface area contributed by atoms with Gasteiger partial charge in [0.05, 0.1) is 33.0 Å². The SMILES string of the molecule is CCOC(=O)N1C[C@H]2[C@@H](CO1)[C@H](C1OCCO1)C2(C)C. The van der Waals surface area contributed by atoms with Gasteiger partial charge in [0.15, 0.2) is 6.29 Å². The van der Waals surface area contributed by atoms with Crippen LogP contribution < -0.4 is 0 Å². The van der Waals surface area contributed by atoms with Gasteiger partial charge in [-0.1, -0.05) is 13.8 Å². The quantitative estimate of drug-likeness (QED) is 0.772. The summed E-state index contributed by atoms with van der Waals surface area (Å²) >= 11 is 0. The van der Waals surface area contributed by atoms with E-state index in [0.717, 1.165) is 0 Å². The van der Waals surface area contributed by atoms with E-state index in [1.54, 1.807) is 6.92 Å². The number of fused-ring (bicyclic) bond motifs is 1. The van der Waals surface area contributed by atoms with Gasteiger partial charge < -0.3 is 14.2 Å². The number of ether oxygens (including phenoxy) is 3. The fourth-order valence-electron chi connectivity index (χ4n) is 3.94. The molecule has 6 nitrogen and oxygen atoms in total. The molecule has 0 unspecified atom stereocenters. The minimum atomic E-state index is -0.390. The van der Waals surface area contributed by atoms with Crippen molar-refractivity contribution in [2.24, 2.45) is 23.2 Å². The molecule has 0 aromatic rings. The molecule has 0 bridgehead atoms. The third-order valence-corrected chi connectivity index (χ3v) is 4.99. The van der Waals surface area contributed by atoms with E-state index in [0.29, 0.717) is 50.7 Å². The molecule has 0 aromatic carbocycles. The molecule has 0 radical (unpaired) electrons. The maximum absolute atomic E-state index is 11.8. The highest BCUT2D eigenvalue weighted by Crippen LogP contribution is 2.59. The summed E-state index contributed by atoms with van der Waals surface area (Å²) in [6.45, 7) is 9.05. The van der Waals surface area contributed by atoms with Crippen LogP contribution in [0, 0.1) is 23.2 Å². The molecular weight excluding hydrogens is 262 g/mol. The third kappa shape index (κ3) is 2.10. The molecule has 0 spiro atoms. The molecule has 2 heterocycles. The minimum Gasteiger partial charge on any atom is -0.448 e. The van der Waals surface area contributed by atoms with Gasteiger partial charge in [0.2, 0.25) is 0 Å². The van der Waals surface area contributed by atoms with Gasteiger partial charge in [-0.3, -0.25) is 4.84 Å². The van der Waals surface area contributed by atoms with Gasteiger partial charge in [-0.05, 0) is 24.2 Å². The predicted molar refractivity (Wildman–Crippen MR) is 69.6 cm³/mol. The van der Waals surface area contributed by atoms with Crippen molar-refractivity contribution in [1.82, 2.24) is 5.06 Å². The van der Waals surface area contributed by atoms with E-state index < -0.39 is 6.09 Å². The molecule has 6 heteroatoms. The Balaban J connectivity index is 1.66. The van der Waals surface area contributed by atoms with Gasteiger partial charge in [-0.2, -0.15) is 5.06 Å². The van der Waals surface area contributed by atoms with Gasteiger partial charge in [0.25, 0.3) is 0 Å². The number of rotatable bonds is 2. The van der Waals surface area contributed by atoms with Crippen LogP contribution in [-0.2, 0) is 19.0 Å². The Kier molecular flexibility index (Phi) is 3.64. The van der Waals surface area contributed by atoms with Gasteiger partial charge in [-0.25, -0.2) is 4.79 Å². The second-order valence-electron chi connectivity index (χ2n) is 6.28. The first-order chi connectivity index (χ1) is 9.55. The lowest BCUT2D eigenvalue weighted by Crippen LogP contribution is -2.66. The maximum Gasteiger partial charge on any atom is 0.433 e. The Labute approximate surface area is 119 Å². The van der Waals surface area contributed by atoms with Gasteiger partial charge >= 0.3 is 6.09 Å². The van der Waals surface area contributed by atoms with Crippen molar-refractivity contribution >= 4 is 6.09 Å². The molecule has 20 heavy (non-hydrogen) atoms. The first-order valence-corrected chi connectivity index (χ1v) is 7.36. The predicted octanol–water partition coefficient (Wildman–Crippen LogP) is 1.65. The first-order valence-electron chi connectivity index (χ1n) is 7.36. The van der Waals surface area contributed by atoms with E-state index in [1.165, 1.54) is 5.06 Å². The molecule has 3 fully saturated rings. The fourth-order valence-corrected chi connectivity index (χ4v) is 3.94. The molecule has 0 N–H and O–H groups in total. The summed E-state index contributed by atoms with van der Waals surface area (Å²) in [6, 6.07) is 0. The molecule has 1 amide bonds. The number of carbonyl (C=O) groups is 1. The molecule has 0 aromatic heterocycles. The van der Waals surface area contributed by atoms with Gasteiger partial charge in [-0.15, -0.1) is 0 Å². The number of hydroxylamine groups is 2. The van der Waals surface area contributed by atoms with Crippen LogP contribution >= 0.6 is 0 Å². The molecule has 2 aliphatic heterocycles. The lowest BCUT2D eigenvalue weighted by molar-refractivity contribution is -0.300. The Hall–Kier alpha value is -0.850. The van der Waals surface area contributed by atoms with Crippen LogP contribution in [-0.4, -0.2) is 50.4 Å². The number of carbonyl (C=O) groups excluding carboxylic acids is 1. The van der Waals surface area contributed by atoms with Crippen LogP contribution in [0.15, 0.2) is 0 Å². The lowest BCUT2D eigenvalue weighted by Gasteiger charge is -2.62. The van der Waals surface area contributed by atoms with Crippen LogP contribution in [0.2, 0.25) is 0 Å². The highest BCUT2D eigenvalue weighted by molar-refractivity contribution is 5.66. The lowest BCUT2D eigenvalue weighted by atomic mass is 9.47. The Bertz CT molecular complexity index is 380. The van der Waals surface area contributed by atoms with E-state index in [4.69, 9.17) is 19.0 Å². The van der Waals surface area contributed by atoms with Crippen LogP contribution in [0.5, 0.6) is 0 Å². The van der Waals surface area contributed by atoms with E-state index >= 15 is 0 Å². The zero-order chi connectivity index (χ0) is 14.3. The van der Waals surface area contributed by atoms with Crippen LogP contribution in [0.25, 0.3) is 0 Å². The summed E-state index contributed by atoms with van der Waals surface area (Å²) in [5, 5.41) is 1.36. The van der Waals surface area contributed by atoms with Crippen molar-refractivity contribution in [3.8, 4) is 0 Å². The second-order valence-corrected chi connectivity index (χ2v) is 6.28. The molecule has 1 aliphatic carbocycles. The summed E-state index contributed by atoms with van der Waals surface area (Å²) in [4.78, 5) is 17.3. The standard InChI is InChI=1S/C14H23NO5/c1-4-17-13(16)15-7-10-9(8-20-15)11(14(10,2)3)12-18-5-6-19-12/h9-12H,4-8H2,1-3H3/t9-,10+,11-/m1/s1. The second kappa shape index (κ2) is 5.16. The zero-order valence-electron chi connectivity index (χ0n) is 12.3. The summed E-state index contributed by atoms with van der Waals surface area (Å²) in [7, 11) is 0. The summed E-state index contributed by atoms with van der Waals surface area (Å²) < 4.78 is 16.3. The molecule has 2 saturated heterocycles.